The number of rotatable bonds is 2. The van der Waals surface area contributed by atoms with Crippen molar-refractivity contribution in [1.82, 2.24) is 4.98 Å². The lowest BCUT2D eigenvalue weighted by molar-refractivity contribution is 1.12. The summed E-state index contributed by atoms with van der Waals surface area (Å²) in [6, 6.07) is 3.92. The summed E-state index contributed by atoms with van der Waals surface area (Å²) in [6.07, 6.45) is 5.62. The lowest BCUT2D eigenvalue weighted by Gasteiger charge is -2.01. The van der Waals surface area contributed by atoms with E-state index in [2.05, 4.69) is 11.1 Å². The fraction of sp³-hybridized carbons (Fsp3) is 0.300. The van der Waals surface area contributed by atoms with Gasteiger partial charge in [0.1, 0.15) is 0 Å². The summed E-state index contributed by atoms with van der Waals surface area (Å²) in [6.45, 7) is 3.99. The Morgan fingerprint density at radius 3 is 2.58 bits per heavy atom. The fourth-order valence-corrected chi connectivity index (χ4v) is 0.900. The Bertz CT molecular complexity index is 264. The van der Waals surface area contributed by atoms with Crippen molar-refractivity contribution in [2.75, 3.05) is 0 Å². The second-order valence-electron chi connectivity index (χ2n) is 2.78. The van der Waals surface area contributed by atoms with E-state index in [9.17, 15) is 0 Å². The molecule has 1 heterocycles. The van der Waals surface area contributed by atoms with E-state index < -0.39 is 0 Å². The highest BCUT2D eigenvalue weighted by Crippen LogP contribution is 2.12. The van der Waals surface area contributed by atoms with Crippen molar-refractivity contribution < 1.29 is 0 Å². The van der Waals surface area contributed by atoms with Gasteiger partial charge in [0.2, 0.25) is 0 Å². The van der Waals surface area contributed by atoms with Crippen LogP contribution < -0.4 is 0 Å². The summed E-state index contributed by atoms with van der Waals surface area (Å²) in [7, 11) is 0. The van der Waals surface area contributed by atoms with Crippen LogP contribution in [0.3, 0.4) is 0 Å². The monoisotopic (exact) mass is 181 g/mol. The molecule has 0 fully saturated rings. The molecule has 0 aliphatic carbocycles. The van der Waals surface area contributed by atoms with E-state index in [-0.39, 0.29) is 5.38 Å². The lowest BCUT2D eigenvalue weighted by Crippen LogP contribution is -1.91. The maximum Gasteiger partial charge on any atom is 0.0517 e. The Labute approximate surface area is 78.1 Å². The Balaban J connectivity index is 2.81. The first kappa shape index (κ1) is 9.27. The molecule has 1 unspecified atom stereocenters. The zero-order valence-corrected chi connectivity index (χ0v) is 8.05. The zero-order valence-electron chi connectivity index (χ0n) is 7.29. The number of nitrogens with zero attached hydrogens (tertiary/aromatic N) is 1. The van der Waals surface area contributed by atoms with Crippen LogP contribution >= 0.6 is 11.6 Å². The molecule has 64 valence electrons. The van der Waals surface area contributed by atoms with Crippen molar-refractivity contribution in [2.24, 2.45) is 0 Å². The third-order valence-corrected chi connectivity index (χ3v) is 2.07. The minimum atomic E-state index is 0.0955. The van der Waals surface area contributed by atoms with Gasteiger partial charge in [0, 0.05) is 12.4 Å². The van der Waals surface area contributed by atoms with Crippen LogP contribution in [0.25, 0.3) is 6.08 Å². The molecular weight excluding hydrogens is 170 g/mol. The van der Waals surface area contributed by atoms with Gasteiger partial charge in [-0.2, -0.15) is 0 Å². The minimum Gasteiger partial charge on any atom is -0.265 e. The van der Waals surface area contributed by atoms with Gasteiger partial charge in [-0.3, -0.25) is 4.98 Å². The highest BCUT2D eigenvalue weighted by atomic mass is 35.5. The average Bonchev–Trinajstić information content (AvgIpc) is 2.06. The molecule has 1 nitrogen and oxygen atoms in total. The van der Waals surface area contributed by atoms with Crippen molar-refractivity contribution >= 4 is 17.7 Å². The second-order valence-corrected chi connectivity index (χ2v) is 3.44. The van der Waals surface area contributed by atoms with Crippen molar-refractivity contribution in [3.05, 3.63) is 35.7 Å². The van der Waals surface area contributed by atoms with E-state index in [4.69, 9.17) is 11.6 Å². The van der Waals surface area contributed by atoms with Crippen LogP contribution in [-0.4, -0.2) is 10.4 Å². The van der Waals surface area contributed by atoms with Crippen LogP contribution in [0.4, 0.5) is 0 Å². The van der Waals surface area contributed by atoms with E-state index >= 15 is 0 Å². The number of hydrogen-bond donors (Lipinski definition) is 0. The van der Waals surface area contributed by atoms with Crippen LogP contribution in [0.2, 0.25) is 0 Å². The van der Waals surface area contributed by atoms with Gasteiger partial charge < -0.3 is 0 Å². The van der Waals surface area contributed by atoms with Gasteiger partial charge >= 0.3 is 0 Å². The van der Waals surface area contributed by atoms with Crippen molar-refractivity contribution in [2.45, 2.75) is 19.2 Å². The first-order chi connectivity index (χ1) is 5.70. The lowest BCUT2D eigenvalue weighted by atomic mass is 10.1. The average molecular weight is 182 g/mol. The summed E-state index contributed by atoms with van der Waals surface area (Å²) in [4.78, 5) is 3.94. The smallest absolute Gasteiger partial charge is 0.0517 e. The quantitative estimate of drug-likeness (QED) is 0.639. The second kappa shape index (κ2) is 4.27. The SMILES string of the molecule is C/C(=C\c1ccncc1)C(C)Cl. The Morgan fingerprint density at radius 2 is 2.08 bits per heavy atom. The number of allylic oxidation sites excluding steroid dienone is 1. The minimum absolute atomic E-state index is 0.0955. The van der Waals surface area contributed by atoms with Crippen LogP contribution in [0, 0.1) is 0 Å². The number of halogens is 1. The molecule has 0 aliphatic rings. The highest BCUT2D eigenvalue weighted by Gasteiger charge is 1.97. The van der Waals surface area contributed by atoms with Gasteiger partial charge in [-0.1, -0.05) is 11.6 Å². The molecule has 1 aromatic rings. The standard InChI is InChI=1S/C10H12ClN/c1-8(9(2)11)7-10-3-5-12-6-4-10/h3-7,9H,1-2H3/b8-7+. The van der Waals surface area contributed by atoms with E-state index in [0.29, 0.717) is 0 Å². The summed E-state index contributed by atoms with van der Waals surface area (Å²) < 4.78 is 0. The normalized spacial score (nSPS) is 14.4. The number of aromatic nitrogens is 1. The van der Waals surface area contributed by atoms with E-state index in [0.717, 1.165) is 5.56 Å². The van der Waals surface area contributed by atoms with Crippen molar-refractivity contribution in [1.29, 1.82) is 0 Å². The number of hydrogen-bond acceptors (Lipinski definition) is 1. The molecule has 0 bridgehead atoms. The van der Waals surface area contributed by atoms with E-state index in [1.807, 2.05) is 26.0 Å². The summed E-state index contributed by atoms with van der Waals surface area (Å²) in [5.41, 5.74) is 2.32. The molecular formula is C10H12ClN. The molecule has 1 aromatic heterocycles. The predicted molar refractivity (Wildman–Crippen MR) is 53.2 cm³/mol. The van der Waals surface area contributed by atoms with Gasteiger partial charge in [0.05, 0.1) is 5.38 Å². The van der Waals surface area contributed by atoms with Gasteiger partial charge in [0.25, 0.3) is 0 Å². The maximum absolute atomic E-state index is 5.89. The molecule has 0 radical (unpaired) electrons. The Kier molecular flexibility index (Phi) is 3.30. The largest absolute Gasteiger partial charge is 0.265 e. The molecule has 0 saturated carbocycles. The third-order valence-electron chi connectivity index (χ3n) is 1.73. The molecule has 0 aromatic carbocycles. The fourth-order valence-electron chi connectivity index (χ4n) is 0.837. The molecule has 0 N–H and O–H groups in total. The third kappa shape index (κ3) is 2.67. The molecule has 12 heavy (non-hydrogen) atoms. The van der Waals surface area contributed by atoms with Gasteiger partial charge in [-0.25, -0.2) is 0 Å². The molecule has 0 saturated heterocycles. The van der Waals surface area contributed by atoms with Crippen molar-refractivity contribution in [3.8, 4) is 0 Å². The van der Waals surface area contributed by atoms with Crippen molar-refractivity contribution in [3.63, 3.8) is 0 Å². The maximum atomic E-state index is 5.89. The van der Waals surface area contributed by atoms with Crippen LogP contribution in [0.15, 0.2) is 30.1 Å². The van der Waals surface area contributed by atoms with Gasteiger partial charge in [0.15, 0.2) is 0 Å². The summed E-state index contributed by atoms with van der Waals surface area (Å²) in [5, 5.41) is 0.0955. The molecule has 0 aliphatic heterocycles. The highest BCUT2D eigenvalue weighted by molar-refractivity contribution is 6.22. The van der Waals surface area contributed by atoms with E-state index in [1.54, 1.807) is 12.4 Å². The zero-order chi connectivity index (χ0) is 8.97. The number of pyridine rings is 1. The molecule has 0 amide bonds. The topological polar surface area (TPSA) is 12.9 Å². The van der Waals surface area contributed by atoms with Crippen LogP contribution in [0.1, 0.15) is 19.4 Å². The first-order valence-corrected chi connectivity index (χ1v) is 4.36. The first-order valence-electron chi connectivity index (χ1n) is 3.92. The van der Waals surface area contributed by atoms with Crippen LogP contribution in [0.5, 0.6) is 0 Å². The van der Waals surface area contributed by atoms with Gasteiger partial charge in [-0.15, -0.1) is 11.6 Å². The molecule has 0 spiro atoms. The molecule has 1 atom stereocenters. The van der Waals surface area contributed by atoms with Gasteiger partial charge in [-0.05, 0) is 31.5 Å². The predicted octanol–water partition coefficient (Wildman–Crippen LogP) is 3.11. The molecule has 1 rings (SSSR count). The molecule has 2 heteroatoms. The van der Waals surface area contributed by atoms with E-state index in [1.165, 1.54) is 5.57 Å². The Morgan fingerprint density at radius 1 is 1.50 bits per heavy atom. The van der Waals surface area contributed by atoms with Crippen LogP contribution in [-0.2, 0) is 0 Å². The Hall–Kier alpha value is -0.820. The summed E-state index contributed by atoms with van der Waals surface area (Å²) >= 11 is 5.89. The summed E-state index contributed by atoms with van der Waals surface area (Å²) in [5.74, 6) is 0. The number of alkyl halides is 1.